The highest BCUT2D eigenvalue weighted by molar-refractivity contribution is 5.94. The molecule has 0 fully saturated rings. The van der Waals surface area contributed by atoms with E-state index in [0.717, 1.165) is 6.07 Å². The highest BCUT2D eigenvalue weighted by Gasteiger charge is 2.38. The van der Waals surface area contributed by atoms with Gasteiger partial charge < -0.3 is 15.2 Å². The Hall–Kier alpha value is -3.57. The van der Waals surface area contributed by atoms with Gasteiger partial charge in [0.1, 0.15) is 6.54 Å². The topological polar surface area (TPSA) is 76.0 Å². The largest absolute Gasteiger partial charge is 0.449 e. The Morgan fingerprint density at radius 1 is 0.967 bits per heavy atom. The number of amides is 2. The second kappa shape index (κ2) is 8.05. The standard InChI is InChI=1S/C18H12F6N4O2/c19-9-5-6-11(16(21)15(9)20)26-13(29)7-25-14(30)8-28-12-4-2-1-3-10(12)27-17(28)18(22,23)24/h1-6H,7-8H2,(H,25,30)(H,26,29). The average molecular weight is 430 g/mol. The van der Waals surface area contributed by atoms with Crippen LogP contribution in [0.15, 0.2) is 36.4 Å². The van der Waals surface area contributed by atoms with Gasteiger partial charge in [0, 0.05) is 0 Å². The summed E-state index contributed by atoms with van der Waals surface area (Å²) in [7, 11) is 0. The van der Waals surface area contributed by atoms with Crippen LogP contribution in [0.25, 0.3) is 11.0 Å². The molecule has 0 unspecified atom stereocenters. The van der Waals surface area contributed by atoms with Crippen LogP contribution in [0.2, 0.25) is 0 Å². The monoisotopic (exact) mass is 430 g/mol. The Morgan fingerprint density at radius 2 is 1.67 bits per heavy atom. The molecule has 1 heterocycles. The predicted molar refractivity (Wildman–Crippen MR) is 92.7 cm³/mol. The van der Waals surface area contributed by atoms with Crippen molar-refractivity contribution in [2.24, 2.45) is 0 Å². The van der Waals surface area contributed by atoms with Gasteiger partial charge in [-0.25, -0.2) is 18.2 Å². The zero-order valence-electron chi connectivity index (χ0n) is 14.9. The van der Waals surface area contributed by atoms with Gasteiger partial charge in [-0.05, 0) is 24.3 Å². The maximum Gasteiger partial charge on any atom is 0.449 e. The van der Waals surface area contributed by atoms with E-state index in [9.17, 15) is 35.9 Å². The van der Waals surface area contributed by atoms with E-state index < -0.39 is 60.0 Å². The normalized spacial score (nSPS) is 11.5. The van der Waals surface area contributed by atoms with Gasteiger partial charge in [0.25, 0.3) is 0 Å². The van der Waals surface area contributed by atoms with E-state index in [0.29, 0.717) is 10.6 Å². The first-order valence-corrected chi connectivity index (χ1v) is 8.30. The molecule has 1 aromatic heterocycles. The Morgan fingerprint density at radius 3 is 2.37 bits per heavy atom. The number of rotatable bonds is 5. The van der Waals surface area contributed by atoms with Crippen molar-refractivity contribution in [1.29, 1.82) is 0 Å². The molecule has 12 heteroatoms. The van der Waals surface area contributed by atoms with Gasteiger partial charge in [-0.2, -0.15) is 13.2 Å². The molecule has 2 aromatic carbocycles. The number of alkyl halides is 3. The van der Waals surface area contributed by atoms with Crippen molar-refractivity contribution in [3.8, 4) is 0 Å². The number of nitrogens with zero attached hydrogens (tertiary/aromatic N) is 2. The molecule has 0 aliphatic heterocycles. The molecule has 2 N–H and O–H groups in total. The molecule has 0 aliphatic rings. The molecule has 0 spiro atoms. The molecule has 3 aromatic rings. The predicted octanol–water partition coefficient (Wildman–Crippen LogP) is 3.23. The van der Waals surface area contributed by atoms with Gasteiger partial charge in [-0.3, -0.25) is 9.59 Å². The minimum atomic E-state index is -4.82. The summed E-state index contributed by atoms with van der Waals surface area (Å²) in [6, 6.07) is 7.03. The number of carbonyl (C=O) groups is 2. The fourth-order valence-electron chi connectivity index (χ4n) is 2.65. The average Bonchev–Trinajstić information content (AvgIpc) is 3.06. The smallest absolute Gasteiger partial charge is 0.345 e. The van der Waals surface area contributed by atoms with Crippen LogP contribution in [-0.2, 0) is 22.3 Å². The molecule has 158 valence electrons. The fraction of sp³-hybridized carbons (Fsp3) is 0.167. The minimum absolute atomic E-state index is 0.0316. The summed E-state index contributed by atoms with van der Waals surface area (Å²) in [5.74, 6) is -8.11. The number of benzene rings is 2. The molecular weight excluding hydrogens is 418 g/mol. The molecular formula is C18H12F6N4O2. The Balaban J connectivity index is 1.68. The number of hydrogen-bond acceptors (Lipinski definition) is 3. The van der Waals surface area contributed by atoms with E-state index in [2.05, 4.69) is 10.3 Å². The molecule has 2 amide bonds. The number of halogens is 6. The minimum Gasteiger partial charge on any atom is -0.345 e. The van der Waals surface area contributed by atoms with Crippen molar-refractivity contribution < 1.29 is 35.9 Å². The third-order valence-corrected chi connectivity index (χ3v) is 3.97. The van der Waals surface area contributed by atoms with Crippen LogP contribution in [0.1, 0.15) is 5.82 Å². The number of imidazole rings is 1. The molecule has 0 radical (unpaired) electrons. The Labute approximate surface area is 164 Å². The first kappa shape index (κ1) is 21.1. The van der Waals surface area contributed by atoms with Crippen molar-refractivity contribution in [3.63, 3.8) is 0 Å². The van der Waals surface area contributed by atoms with Crippen LogP contribution in [0.3, 0.4) is 0 Å². The highest BCUT2D eigenvalue weighted by atomic mass is 19.4. The van der Waals surface area contributed by atoms with Crippen LogP contribution >= 0.6 is 0 Å². The molecule has 3 rings (SSSR count). The maximum absolute atomic E-state index is 13.5. The number of fused-ring (bicyclic) bond motifs is 1. The van der Waals surface area contributed by atoms with Crippen molar-refractivity contribution in [2.75, 3.05) is 11.9 Å². The molecule has 0 saturated carbocycles. The number of nitrogens with one attached hydrogen (secondary N) is 2. The summed E-state index contributed by atoms with van der Waals surface area (Å²) in [5, 5.41) is 4.00. The summed E-state index contributed by atoms with van der Waals surface area (Å²) in [5.41, 5.74) is -0.564. The lowest BCUT2D eigenvalue weighted by Crippen LogP contribution is -2.35. The van der Waals surface area contributed by atoms with E-state index in [1.165, 1.54) is 24.3 Å². The molecule has 0 bridgehead atoms. The summed E-state index contributed by atoms with van der Waals surface area (Å²) >= 11 is 0. The summed E-state index contributed by atoms with van der Waals surface area (Å²) in [4.78, 5) is 27.3. The highest BCUT2D eigenvalue weighted by Crippen LogP contribution is 2.31. The lowest BCUT2D eigenvalue weighted by molar-refractivity contribution is -0.147. The van der Waals surface area contributed by atoms with Gasteiger partial charge in [-0.15, -0.1) is 0 Å². The molecule has 30 heavy (non-hydrogen) atoms. The van der Waals surface area contributed by atoms with Gasteiger partial charge in [0.05, 0.1) is 23.3 Å². The van der Waals surface area contributed by atoms with Gasteiger partial charge in [0.15, 0.2) is 17.5 Å². The fourth-order valence-corrected chi connectivity index (χ4v) is 2.65. The number of carbonyl (C=O) groups excluding carboxylic acids is 2. The van der Waals surface area contributed by atoms with E-state index in [1.807, 2.05) is 5.32 Å². The third kappa shape index (κ3) is 4.36. The Kier molecular flexibility index (Phi) is 5.67. The molecule has 0 atom stereocenters. The van der Waals surface area contributed by atoms with Crippen LogP contribution in [-0.4, -0.2) is 27.9 Å². The van der Waals surface area contributed by atoms with Gasteiger partial charge in [-0.1, -0.05) is 12.1 Å². The van der Waals surface area contributed by atoms with Crippen molar-refractivity contribution >= 4 is 28.5 Å². The number of para-hydroxylation sites is 2. The molecule has 0 saturated heterocycles. The quantitative estimate of drug-likeness (QED) is 0.482. The first-order chi connectivity index (χ1) is 14.1. The zero-order valence-corrected chi connectivity index (χ0v) is 14.9. The summed E-state index contributed by atoms with van der Waals surface area (Å²) in [6.45, 7) is -1.53. The second-order valence-corrected chi connectivity index (χ2v) is 6.06. The van der Waals surface area contributed by atoms with E-state index >= 15 is 0 Å². The summed E-state index contributed by atoms with van der Waals surface area (Å²) in [6.07, 6.45) is -4.82. The first-order valence-electron chi connectivity index (χ1n) is 8.30. The van der Waals surface area contributed by atoms with Crippen molar-refractivity contribution in [3.05, 3.63) is 59.7 Å². The third-order valence-electron chi connectivity index (χ3n) is 3.97. The van der Waals surface area contributed by atoms with E-state index in [1.54, 1.807) is 0 Å². The SMILES string of the molecule is O=C(Cn1c(C(F)(F)F)nc2ccccc21)NCC(=O)Nc1ccc(F)c(F)c1F. The van der Waals surface area contributed by atoms with Crippen LogP contribution < -0.4 is 10.6 Å². The maximum atomic E-state index is 13.5. The zero-order chi connectivity index (χ0) is 22.1. The number of anilines is 1. The molecule has 0 aliphatic carbocycles. The van der Waals surface area contributed by atoms with Crippen molar-refractivity contribution in [2.45, 2.75) is 12.7 Å². The lowest BCUT2D eigenvalue weighted by atomic mass is 10.2. The lowest BCUT2D eigenvalue weighted by Gasteiger charge is -2.12. The second-order valence-electron chi connectivity index (χ2n) is 6.06. The molecule has 6 nitrogen and oxygen atoms in total. The number of hydrogen-bond donors (Lipinski definition) is 2. The number of aromatic nitrogens is 2. The van der Waals surface area contributed by atoms with Gasteiger partial charge in [0.2, 0.25) is 17.6 Å². The van der Waals surface area contributed by atoms with Crippen molar-refractivity contribution in [1.82, 2.24) is 14.9 Å². The van der Waals surface area contributed by atoms with E-state index in [4.69, 9.17) is 0 Å². The van der Waals surface area contributed by atoms with Gasteiger partial charge >= 0.3 is 6.18 Å². The Bertz CT molecular complexity index is 1130. The van der Waals surface area contributed by atoms with Crippen LogP contribution in [0.4, 0.5) is 32.0 Å². The van der Waals surface area contributed by atoms with E-state index in [-0.39, 0.29) is 11.0 Å². The summed E-state index contributed by atoms with van der Waals surface area (Å²) < 4.78 is 79.9. The van der Waals surface area contributed by atoms with Crippen LogP contribution in [0.5, 0.6) is 0 Å². The van der Waals surface area contributed by atoms with Crippen LogP contribution in [0, 0.1) is 17.5 Å².